The number of nitrogens with zero attached hydrogens (tertiary/aromatic N) is 3. The number of oxime groups is 1. The Labute approximate surface area is 114 Å². The molecule has 2 aromatic carbocycles. The molecule has 0 saturated heterocycles. The number of rotatable bonds is 2. The molecule has 0 unspecified atom stereocenters. The summed E-state index contributed by atoms with van der Waals surface area (Å²) >= 11 is 0. The van der Waals surface area contributed by atoms with Crippen molar-refractivity contribution in [2.75, 3.05) is 0 Å². The first-order chi connectivity index (χ1) is 9.69. The summed E-state index contributed by atoms with van der Waals surface area (Å²) in [7, 11) is 0. The third kappa shape index (κ3) is 2.03. The van der Waals surface area contributed by atoms with Gasteiger partial charge in [0.2, 0.25) is 0 Å². The van der Waals surface area contributed by atoms with Crippen molar-refractivity contribution in [2.45, 2.75) is 6.92 Å². The Morgan fingerprint density at radius 1 is 1.20 bits per heavy atom. The standard InChI is InChI=1S/C15H12FN3O/c1-10(18-20)11-2-7-15-12(8-11)9-17-19(15)14-5-3-13(16)4-6-14/h2-9,20H,1H3. The highest BCUT2D eigenvalue weighted by Crippen LogP contribution is 2.20. The van der Waals surface area contributed by atoms with Crippen LogP contribution in [0.15, 0.2) is 53.8 Å². The highest BCUT2D eigenvalue weighted by atomic mass is 19.1. The molecule has 20 heavy (non-hydrogen) atoms. The van der Waals surface area contributed by atoms with E-state index in [1.165, 1.54) is 12.1 Å². The molecule has 0 aliphatic heterocycles. The minimum absolute atomic E-state index is 0.276. The molecule has 100 valence electrons. The van der Waals surface area contributed by atoms with Crippen molar-refractivity contribution >= 4 is 16.6 Å². The quantitative estimate of drug-likeness (QED) is 0.440. The summed E-state index contributed by atoms with van der Waals surface area (Å²) in [5, 5.41) is 17.2. The van der Waals surface area contributed by atoms with Gasteiger partial charge in [-0.05, 0) is 48.9 Å². The first-order valence-electron chi connectivity index (χ1n) is 6.12. The maximum Gasteiger partial charge on any atom is 0.123 e. The Balaban J connectivity index is 2.12. The van der Waals surface area contributed by atoms with Crippen LogP contribution in [-0.4, -0.2) is 20.7 Å². The van der Waals surface area contributed by atoms with E-state index in [4.69, 9.17) is 5.21 Å². The third-order valence-electron chi connectivity index (χ3n) is 3.21. The van der Waals surface area contributed by atoms with Crippen LogP contribution in [0.2, 0.25) is 0 Å². The fourth-order valence-corrected chi connectivity index (χ4v) is 2.10. The van der Waals surface area contributed by atoms with E-state index in [2.05, 4.69) is 10.3 Å². The number of hydrogen-bond acceptors (Lipinski definition) is 3. The molecule has 0 bridgehead atoms. The molecule has 0 amide bonds. The van der Waals surface area contributed by atoms with Gasteiger partial charge in [-0.1, -0.05) is 11.2 Å². The lowest BCUT2D eigenvalue weighted by atomic mass is 10.1. The van der Waals surface area contributed by atoms with E-state index in [1.54, 1.807) is 29.9 Å². The van der Waals surface area contributed by atoms with Crippen LogP contribution in [0.3, 0.4) is 0 Å². The second-order valence-electron chi connectivity index (χ2n) is 4.49. The molecule has 1 heterocycles. The third-order valence-corrected chi connectivity index (χ3v) is 3.21. The molecule has 0 radical (unpaired) electrons. The normalized spacial score (nSPS) is 12.0. The molecule has 0 fully saturated rings. The van der Waals surface area contributed by atoms with Crippen LogP contribution in [0, 0.1) is 5.82 Å². The van der Waals surface area contributed by atoms with Crippen molar-refractivity contribution in [1.29, 1.82) is 0 Å². The minimum Gasteiger partial charge on any atom is -0.411 e. The van der Waals surface area contributed by atoms with Crippen LogP contribution in [0.1, 0.15) is 12.5 Å². The second-order valence-corrected chi connectivity index (χ2v) is 4.49. The predicted molar refractivity (Wildman–Crippen MR) is 75.0 cm³/mol. The van der Waals surface area contributed by atoms with Crippen LogP contribution in [0.5, 0.6) is 0 Å². The Hall–Kier alpha value is -2.69. The van der Waals surface area contributed by atoms with Crippen molar-refractivity contribution in [2.24, 2.45) is 5.16 Å². The molecule has 4 nitrogen and oxygen atoms in total. The molecule has 0 atom stereocenters. The summed E-state index contributed by atoms with van der Waals surface area (Å²) in [5.74, 6) is -0.276. The number of fused-ring (bicyclic) bond motifs is 1. The summed E-state index contributed by atoms with van der Waals surface area (Å²) in [5.41, 5.74) is 3.08. The zero-order chi connectivity index (χ0) is 14.1. The van der Waals surface area contributed by atoms with Crippen LogP contribution in [0.25, 0.3) is 16.6 Å². The summed E-state index contributed by atoms with van der Waals surface area (Å²) < 4.78 is 14.7. The first kappa shape index (κ1) is 12.3. The predicted octanol–water partition coefficient (Wildman–Crippen LogP) is 3.36. The average Bonchev–Trinajstić information content (AvgIpc) is 2.90. The summed E-state index contributed by atoms with van der Waals surface area (Å²) in [4.78, 5) is 0. The topological polar surface area (TPSA) is 50.4 Å². The van der Waals surface area contributed by atoms with Gasteiger partial charge in [-0.25, -0.2) is 9.07 Å². The molecule has 3 rings (SSSR count). The van der Waals surface area contributed by atoms with E-state index in [0.29, 0.717) is 5.71 Å². The molecule has 1 aromatic heterocycles. The Kier molecular flexibility index (Phi) is 2.95. The van der Waals surface area contributed by atoms with E-state index in [9.17, 15) is 4.39 Å². The van der Waals surface area contributed by atoms with E-state index in [1.807, 2.05) is 18.2 Å². The van der Waals surface area contributed by atoms with Gasteiger partial charge in [-0.2, -0.15) is 5.10 Å². The van der Waals surface area contributed by atoms with Crippen molar-refractivity contribution in [1.82, 2.24) is 9.78 Å². The van der Waals surface area contributed by atoms with Crippen LogP contribution in [-0.2, 0) is 0 Å². The van der Waals surface area contributed by atoms with Gasteiger partial charge in [-0.15, -0.1) is 0 Å². The van der Waals surface area contributed by atoms with E-state index in [-0.39, 0.29) is 5.82 Å². The summed E-state index contributed by atoms with van der Waals surface area (Å²) in [6, 6.07) is 11.8. The first-order valence-corrected chi connectivity index (χ1v) is 6.12. The van der Waals surface area contributed by atoms with Gasteiger partial charge in [0.05, 0.1) is 23.1 Å². The van der Waals surface area contributed by atoms with Gasteiger partial charge in [-0.3, -0.25) is 0 Å². The molecule has 3 aromatic rings. The smallest absolute Gasteiger partial charge is 0.123 e. The lowest BCUT2D eigenvalue weighted by Crippen LogP contribution is -1.97. The molecular formula is C15H12FN3O. The molecule has 0 saturated carbocycles. The van der Waals surface area contributed by atoms with Gasteiger partial charge in [0, 0.05) is 5.39 Å². The molecule has 5 heteroatoms. The minimum atomic E-state index is -0.276. The monoisotopic (exact) mass is 269 g/mol. The zero-order valence-corrected chi connectivity index (χ0v) is 10.8. The fourth-order valence-electron chi connectivity index (χ4n) is 2.10. The second kappa shape index (κ2) is 4.77. The largest absolute Gasteiger partial charge is 0.411 e. The van der Waals surface area contributed by atoms with Crippen LogP contribution < -0.4 is 0 Å². The highest BCUT2D eigenvalue weighted by molar-refractivity contribution is 6.01. The summed E-state index contributed by atoms with van der Waals surface area (Å²) in [6.45, 7) is 1.73. The lowest BCUT2D eigenvalue weighted by Gasteiger charge is -2.04. The molecular weight excluding hydrogens is 257 g/mol. The Morgan fingerprint density at radius 3 is 2.65 bits per heavy atom. The molecule has 0 spiro atoms. The van der Waals surface area contributed by atoms with Crippen molar-refractivity contribution in [3.63, 3.8) is 0 Å². The number of hydrogen-bond donors (Lipinski definition) is 1. The lowest BCUT2D eigenvalue weighted by molar-refractivity contribution is 0.319. The SMILES string of the molecule is CC(=NO)c1ccc2c(cnn2-c2ccc(F)cc2)c1. The number of aromatic nitrogens is 2. The molecule has 1 N–H and O–H groups in total. The van der Waals surface area contributed by atoms with E-state index < -0.39 is 0 Å². The maximum atomic E-state index is 13.0. The van der Waals surface area contributed by atoms with Crippen LogP contribution in [0.4, 0.5) is 4.39 Å². The Bertz CT molecular complexity index is 790. The van der Waals surface area contributed by atoms with Crippen molar-refractivity contribution < 1.29 is 9.60 Å². The zero-order valence-electron chi connectivity index (χ0n) is 10.8. The number of benzene rings is 2. The van der Waals surface area contributed by atoms with Gasteiger partial charge in [0.15, 0.2) is 0 Å². The molecule has 0 aliphatic rings. The van der Waals surface area contributed by atoms with Gasteiger partial charge >= 0.3 is 0 Å². The van der Waals surface area contributed by atoms with E-state index >= 15 is 0 Å². The van der Waals surface area contributed by atoms with Gasteiger partial charge < -0.3 is 5.21 Å². The van der Waals surface area contributed by atoms with Crippen LogP contribution >= 0.6 is 0 Å². The van der Waals surface area contributed by atoms with E-state index in [0.717, 1.165) is 22.2 Å². The van der Waals surface area contributed by atoms with Crippen molar-refractivity contribution in [3.8, 4) is 5.69 Å². The number of halogens is 1. The average molecular weight is 269 g/mol. The van der Waals surface area contributed by atoms with Gasteiger partial charge in [0.25, 0.3) is 0 Å². The van der Waals surface area contributed by atoms with Gasteiger partial charge in [0.1, 0.15) is 5.82 Å². The van der Waals surface area contributed by atoms with Crippen molar-refractivity contribution in [3.05, 3.63) is 60.0 Å². The fraction of sp³-hybridized carbons (Fsp3) is 0.0667. The Morgan fingerprint density at radius 2 is 1.95 bits per heavy atom. The highest BCUT2D eigenvalue weighted by Gasteiger charge is 2.07. The molecule has 0 aliphatic carbocycles. The maximum absolute atomic E-state index is 13.0. The summed E-state index contributed by atoms with van der Waals surface area (Å²) in [6.07, 6.45) is 1.73.